The highest BCUT2D eigenvalue weighted by molar-refractivity contribution is 6.78. The summed E-state index contributed by atoms with van der Waals surface area (Å²) in [6.07, 6.45) is 4.14. The summed E-state index contributed by atoms with van der Waals surface area (Å²) >= 11 is 0. The summed E-state index contributed by atoms with van der Waals surface area (Å²) in [5.74, 6) is 0. The molecule has 1 heterocycles. The Morgan fingerprint density at radius 2 is 1.85 bits per heavy atom. The van der Waals surface area contributed by atoms with Crippen LogP contribution in [0.4, 0.5) is 0 Å². The third kappa shape index (κ3) is 1.85. The average molecular weight is 196 g/mol. The Bertz CT molecular complexity index is 294. The largest absolute Gasteiger partial charge is 0.364 e. The molecule has 74 valence electrons. The van der Waals surface area contributed by atoms with Gasteiger partial charge < -0.3 is 4.23 Å². The quantitative estimate of drug-likeness (QED) is 0.631. The molecular weight excluding hydrogens is 176 g/mol. The first-order valence-electron chi connectivity index (χ1n) is 4.76. The van der Waals surface area contributed by atoms with Gasteiger partial charge in [-0.05, 0) is 12.0 Å². The van der Waals surface area contributed by atoms with Crippen LogP contribution in [0, 0.1) is 6.92 Å². The topological polar surface area (TPSA) is 17.8 Å². The number of hydrogen-bond acceptors (Lipinski definition) is 1. The predicted molar refractivity (Wildman–Crippen MR) is 59.6 cm³/mol. The third-order valence-electron chi connectivity index (χ3n) is 3.19. The molecule has 2 nitrogen and oxygen atoms in total. The molecule has 0 atom stereocenters. The van der Waals surface area contributed by atoms with Crippen LogP contribution in [0.25, 0.3) is 0 Å². The molecule has 0 amide bonds. The van der Waals surface area contributed by atoms with Gasteiger partial charge in [-0.15, -0.1) is 0 Å². The van der Waals surface area contributed by atoms with E-state index in [1.165, 1.54) is 0 Å². The SMILES string of the molecule is Cc1cn([Si](C)(C)C(C)(C)C)cn1. The molecule has 0 saturated heterocycles. The van der Waals surface area contributed by atoms with E-state index in [1.807, 2.05) is 13.3 Å². The fourth-order valence-corrected chi connectivity index (χ4v) is 2.74. The fourth-order valence-electron chi connectivity index (χ4n) is 1.11. The third-order valence-corrected chi connectivity index (χ3v) is 8.40. The number of nitrogens with zero attached hydrogens (tertiary/aromatic N) is 2. The Morgan fingerprint density at radius 1 is 1.31 bits per heavy atom. The molecule has 0 aromatic carbocycles. The van der Waals surface area contributed by atoms with Gasteiger partial charge in [0.15, 0.2) is 8.24 Å². The van der Waals surface area contributed by atoms with Crippen LogP contribution in [0.3, 0.4) is 0 Å². The number of imidazole rings is 1. The van der Waals surface area contributed by atoms with Gasteiger partial charge in [0.1, 0.15) is 0 Å². The molecule has 0 spiro atoms. The van der Waals surface area contributed by atoms with Crippen molar-refractivity contribution in [2.75, 3.05) is 0 Å². The first kappa shape index (κ1) is 10.5. The Kier molecular flexibility index (Phi) is 2.41. The summed E-state index contributed by atoms with van der Waals surface area (Å²) in [7, 11) is -1.41. The second-order valence-electron chi connectivity index (χ2n) is 5.23. The molecule has 0 aliphatic heterocycles. The molecule has 1 rings (SSSR count). The van der Waals surface area contributed by atoms with E-state index in [0.717, 1.165) is 5.69 Å². The highest BCUT2D eigenvalue weighted by Crippen LogP contribution is 2.36. The van der Waals surface area contributed by atoms with E-state index in [0.29, 0.717) is 5.04 Å². The Morgan fingerprint density at radius 3 is 2.15 bits per heavy atom. The van der Waals surface area contributed by atoms with E-state index in [1.54, 1.807) is 0 Å². The lowest BCUT2D eigenvalue weighted by atomic mass is 10.2. The van der Waals surface area contributed by atoms with Crippen molar-refractivity contribution in [2.45, 2.75) is 45.8 Å². The molecule has 0 unspecified atom stereocenters. The van der Waals surface area contributed by atoms with Crippen molar-refractivity contribution in [1.82, 2.24) is 9.22 Å². The average Bonchev–Trinajstić information content (AvgIpc) is 2.33. The lowest BCUT2D eigenvalue weighted by molar-refractivity contribution is 0.699. The zero-order valence-corrected chi connectivity index (χ0v) is 10.5. The van der Waals surface area contributed by atoms with Gasteiger partial charge in [0.05, 0.1) is 12.0 Å². The summed E-state index contributed by atoms with van der Waals surface area (Å²) in [5.41, 5.74) is 1.12. The van der Waals surface area contributed by atoms with E-state index < -0.39 is 8.24 Å². The maximum atomic E-state index is 4.29. The summed E-state index contributed by atoms with van der Waals surface area (Å²) in [6, 6.07) is 0. The van der Waals surface area contributed by atoms with Crippen LogP contribution in [0.1, 0.15) is 26.5 Å². The van der Waals surface area contributed by atoms with Gasteiger partial charge in [-0.25, -0.2) is 4.98 Å². The molecule has 0 fully saturated rings. The van der Waals surface area contributed by atoms with Crippen molar-refractivity contribution in [1.29, 1.82) is 0 Å². The van der Waals surface area contributed by atoms with Crippen LogP contribution in [-0.4, -0.2) is 17.5 Å². The van der Waals surface area contributed by atoms with Gasteiger partial charge in [0.25, 0.3) is 0 Å². The number of hydrogen-bond donors (Lipinski definition) is 0. The summed E-state index contributed by atoms with van der Waals surface area (Å²) in [5, 5.41) is 0.375. The van der Waals surface area contributed by atoms with Crippen molar-refractivity contribution in [3.8, 4) is 0 Å². The Balaban J connectivity index is 3.07. The van der Waals surface area contributed by atoms with Crippen molar-refractivity contribution >= 4 is 8.24 Å². The van der Waals surface area contributed by atoms with Crippen LogP contribution < -0.4 is 0 Å². The Hall–Kier alpha value is -0.573. The van der Waals surface area contributed by atoms with Crippen LogP contribution in [-0.2, 0) is 0 Å². The lowest BCUT2D eigenvalue weighted by Crippen LogP contribution is -2.44. The van der Waals surface area contributed by atoms with E-state index in [9.17, 15) is 0 Å². The molecule has 1 aromatic rings. The lowest BCUT2D eigenvalue weighted by Gasteiger charge is -2.37. The molecule has 0 radical (unpaired) electrons. The van der Waals surface area contributed by atoms with Gasteiger partial charge in [-0.2, -0.15) is 0 Å². The monoisotopic (exact) mass is 196 g/mol. The number of aromatic nitrogens is 2. The van der Waals surface area contributed by atoms with E-state index in [-0.39, 0.29) is 0 Å². The van der Waals surface area contributed by atoms with Crippen molar-refractivity contribution in [3.63, 3.8) is 0 Å². The van der Waals surface area contributed by atoms with Gasteiger partial charge in [-0.3, -0.25) is 0 Å². The van der Waals surface area contributed by atoms with Gasteiger partial charge in [0.2, 0.25) is 0 Å². The van der Waals surface area contributed by atoms with Gasteiger partial charge in [0, 0.05) is 6.20 Å². The smallest absolute Gasteiger partial charge is 0.162 e. The minimum atomic E-state index is -1.41. The first-order valence-corrected chi connectivity index (χ1v) is 7.71. The molecule has 0 saturated carbocycles. The van der Waals surface area contributed by atoms with E-state index >= 15 is 0 Å². The van der Waals surface area contributed by atoms with E-state index in [2.05, 4.69) is 49.3 Å². The fraction of sp³-hybridized carbons (Fsp3) is 0.700. The second-order valence-corrected chi connectivity index (χ2v) is 10.4. The second kappa shape index (κ2) is 2.98. The zero-order chi connectivity index (χ0) is 10.3. The van der Waals surface area contributed by atoms with Gasteiger partial charge >= 0.3 is 0 Å². The molecule has 0 bridgehead atoms. The highest BCUT2D eigenvalue weighted by Gasteiger charge is 2.37. The number of rotatable bonds is 1. The summed E-state index contributed by atoms with van der Waals surface area (Å²) in [6.45, 7) is 13.8. The minimum Gasteiger partial charge on any atom is -0.364 e. The molecule has 3 heteroatoms. The normalized spacial score (nSPS) is 13.4. The van der Waals surface area contributed by atoms with Crippen molar-refractivity contribution < 1.29 is 0 Å². The van der Waals surface area contributed by atoms with Gasteiger partial charge in [-0.1, -0.05) is 33.9 Å². The summed E-state index contributed by atoms with van der Waals surface area (Å²) in [4.78, 5) is 4.29. The van der Waals surface area contributed by atoms with Crippen LogP contribution in [0.2, 0.25) is 18.1 Å². The molecule has 0 aliphatic rings. The first-order chi connectivity index (χ1) is 5.75. The summed E-state index contributed by atoms with van der Waals surface area (Å²) < 4.78 is 2.34. The number of aryl methyl sites for hydroxylation is 1. The molecule has 1 aromatic heterocycles. The van der Waals surface area contributed by atoms with Crippen LogP contribution in [0.15, 0.2) is 12.5 Å². The van der Waals surface area contributed by atoms with Crippen LogP contribution >= 0.6 is 0 Å². The van der Waals surface area contributed by atoms with Crippen LogP contribution in [0.5, 0.6) is 0 Å². The molecule has 0 aliphatic carbocycles. The Labute approximate surface area is 82.1 Å². The molecule has 0 N–H and O–H groups in total. The molecular formula is C10H20N2Si. The van der Waals surface area contributed by atoms with E-state index in [4.69, 9.17) is 0 Å². The minimum absolute atomic E-state index is 0.375. The standard InChI is InChI=1S/C10H20N2Si/c1-9-7-12(8-11-9)13(5,6)10(2,3)4/h7-8H,1-6H3. The highest BCUT2D eigenvalue weighted by atomic mass is 28.3. The predicted octanol–water partition coefficient (Wildman–Crippen LogP) is 3.04. The zero-order valence-electron chi connectivity index (χ0n) is 9.55. The van der Waals surface area contributed by atoms with Crippen molar-refractivity contribution in [2.24, 2.45) is 0 Å². The van der Waals surface area contributed by atoms with Crippen molar-refractivity contribution in [3.05, 3.63) is 18.2 Å². The maximum absolute atomic E-state index is 4.29. The maximum Gasteiger partial charge on any atom is 0.162 e. The molecule has 13 heavy (non-hydrogen) atoms.